The van der Waals surface area contributed by atoms with Gasteiger partial charge in [0.25, 0.3) is 0 Å². The highest BCUT2D eigenvalue weighted by Gasteiger charge is 2.35. The van der Waals surface area contributed by atoms with E-state index in [1.165, 1.54) is 19.3 Å². The molecule has 1 aromatic heterocycles. The molecule has 0 unspecified atom stereocenters. The fraction of sp³-hybridized carbons (Fsp3) is 0.692. The van der Waals surface area contributed by atoms with Crippen molar-refractivity contribution in [3.05, 3.63) is 23.7 Å². The van der Waals surface area contributed by atoms with Crippen LogP contribution in [-0.4, -0.2) is 17.5 Å². The predicted octanol–water partition coefficient (Wildman–Crippen LogP) is 3.22. The number of thioether (sulfide) groups is 1. The summed E-state index contributed by atoms with van der Waals surface area (Å²) in [6.07, 6.45) is 7.32. The van der Waals surface area contributed by atoms with E-state index in [0.29, 0.717) is 4.75 Å². The molecule has 0 bridgehead atoms. The average Bonchev–Trinajstić information content (AvgIpc) is 2.70. The van der Waals surface area contributed by atoms with Crippen molar-refractivity contribution in [2.45, 2.75) is 43.9 Å². The van der Waals surface area contributed by atoms with Gasteiger partial charge in [0.15, 0.2) is 0 Å². The maximum absolute atomic E-state index is 5.66. The lowest BCUT2D eigenvalue weighted by Crippen LogP contribution is -2.43. The second-order valence-corrected chi connectivity index (χ2v) is 5.84. The normalized spacial score (nSPS) is 18.4. The van der Waals surface area contributed by atoms with E-state index >= 15 is 0 Å². The van der Waals surface area contributed by atoms with Crippen LogP contribution >= 0.6 is 11.8 Å². The van der Waals surface area contributed by atoms with Gasteiger partial charge < -0.3 is 9.73 Å². The van der Waals surface area contributed by atoms with Crippen LogP contribution in [0.15, 0.2) is 16.5 Å². The van der Waals surface area contributed by atoms with Gasteiger partial charge in [-0.05, 0) is 31.2 Å². The Balaban J connectivity index is 1.75. The summed E-state index contributed by atoms with van der Waals surface area (Å²) in [5.74, 6) is 2.15. The topological polar surface area (TPSA) is 25.2 Å². The molecule has 1 saturated carbocycles. The lowest BCUT2D eigenvalue weighted by molar-refractivity contribution is 0.338. The minimum Gasteiger partial charge on any atom is -0.465 e. The monoisotopic (exact) mass is 239 g/mol. The summed E-state index contributed by atoms with van der Waals surface area (Å²) in [5, 5.41) is 3.52. The Morgan fingerprint density at radius 3 is 2.62 bits per heavy atom. The first-order valence-electron chi connectivity index (χ1n) is 6.11. The maximum Gasteiger partial charge on any atom is 0.117 e. The molecule has 2 nitrogen and oxygen atoms in total. The van der Waals surface area contributed by atoms with Crippen molar-refractivity contribution in [1.29, 1.82) is 0 Å². The summed E-state index contributed by atoms with van der Waals surface area (Å²) >= 11 is 2.01. The van der Waals surface area contributed by atoms with Crippen molar-refractivity contribution in [2.75, 3.05) is 12.8 Å². The number of hydrogen-bond donors (Lipinski definition) is 1. The van der Waals surface area contributed by atoms with Crippen LogP contribution < -0.4 is 5.32 Å². The summed E-state index contributed by atoms with van der Waals surface area (Å²) in [6, 6.07) is 4.16. The fourth-order valence-electron chi connectivity index (χ4n) is 2.15. The molecule has 1 heterocycles. The third-order valence-corrected chi connectivity index (χ3v) is 4.93. The van der Waals surface area contributed by atoms with Gasteiger partial charge in [-0.1, -0.05) is 13.3 Å². The van der Waals surface area contributed by atoms with Crippen LogP contribution in [0.1, 0.15) is 37.7 Å². The Bertz CT molecular complexity index is 325. The first-order chi connectivity index (χ1) is 7.78. The van der Waals surface area contributed by atoms with Crippen LogP contribution in [0.3, 0.4) is 0 Å². The van der Waals surface area contributed by atoms with Gasteiger partial charge in [-0.15, -0.1) is 0 Å². The largest absolute Gasteiger partial charge is 0.465 e. The Morgan fingerprint density at radius 1 is 1.38 bits per heavy atom. The van der Waals surface area contributed by atoms with E-state index in [9.17, 15) is 0 Å². The molecule has 1 aliphatic rings. The molecule has 16 heavy (non-hydrogen) atoms. The first kappa shape index (κ1) is 12.1. The van der Waals surface area contributed by atoms with Gasteiger partial charge in [0.2, 0.25) is 0 Å². The summed E-state index contributed by atoms with van der Waals surface area (Å²) in [4.78, 5) is 0. The summed E-state index contributed by atoms with van der Waals surface area (Å²) in [7, 11) is 0. The number of aryl methyl sites for hydroxylation is 1. The highest BCUT2D eigenvalue weighted by molar-refractivity contribution is 8.00. The molecule has 0 radical (unpaired) electrons. The molecule has 1 aliphatic carbocycles. The van der Waals surface area contributed by atoms with Gasteiger partial charge in [0.05, 0.1) is 6.54 Å². The van der Waals surface area contributed by atoms with Crippen molar-refractivity contribution in [3.8, 4) is 0 Å². The van der Waals surface area contributed by atoms with E-state index in [2.05, 4.69) is 30.6 Å². The van der Waals surface area contributed by atoms with Crippen LogP contribution in [0, 0.1) is 0 Å². The summed E-state index contributed by atoms with van der Waals surface area (Å²) in [5.41, 5.74) is 0. The molecule has 1 aromatic rings. The number of nitrogens with one attached hydrogen (secondary N) is 1. The van der Waals surface area contributed by atoms with Crippen molar-refractivity contribution in [2.24, 2.45) is 0 Å². The molecular formula is C13H21NOS. The molecular weight excluding hydrogens is 218 g/mol. The molecule has 90 valence electrons. The Morgan fingerprint density at radius 2 is 2.12 bits per heavy atom. The van der Waals surface area contributed by atoms with E-state index in [1.807, 2.05) is 11.8 Å². The lowest BCUT2D eigenvalue weighted by atomic mass is 9.84. The summed E-state index contributed by atoms with van der Waals surface area (Å²) in [6.45, 7) is 4.09. The average molecular weight is 239 g/mol. The van der Waals surface area contributed by atoms with Gasteiger partial charge in [0.1, 0.15) is 11.5 Å². The maximum atomic E-state index is 5.66. The van der Waals surface area contributed by atoms with Crippen LogP contribution in [0.5, 0.6) is 0 Å². The molecule has 0 saturated heterocycles. The number of rotatable bonds is 6. The number of furan rings is 1. The Hall–Kier alpha value is -0.410. The van der Waals surface area contributed by atoms with Crippen molar-refractivity contribution in [1.82, 2.24) is 5.32 Å². The third kappa shape index (κ3) is 2.64. The minimum absolute atomic E-state index is 0.514. The minimum atomic E-state index is 0.514. The number of hydrogen-bond acceptors (Lipinski definition) is 3. The van der Waals surface area contributed by atoms with Gasteiger partial charge in [-0.25, -0.2) is 0 Å². The molecule has 0 atom stereocenters. The van der Waals surface area contributed by atoms with Gasteiger partial charge in [-0.2, -0.15) is 11.8 Å². The van der Waals surface area contributed by atoms with Crippen LogP contribution in [0.2, 0.25) is 0 Å². The van der Waals surface area contributed by atoms with E-state index < -0.39 is 0 Å². The zero-order valence-corrected chi connectivity index (χ0v) is 11.0. The van der Waals surface area contributed by atoms with Crippen molar-refractivity contribution in [3.63, 3.8) is 0 Å². The SMILES string of the molecule is CCc1ccc(CNCC2(SC)CCC2)o1. The van der Waals surface area contributed by atoms with Crippen LogP contribution in [0.4, 0.5) is 0 Å². The van der Waals surface area contributed by atoms with Gasteiger partial charge in [-0.3, -0.25) is 0 Å². The highest BCUT2D eigenvalue weighted by Crippen LogP contribution is 2.42. The van der Waals surface area contributed by atoms with E-state index in [0.717, 1.165) is 31.0 Å². The van der Waals surface area contributed by atoms with Gasteiger partial charge in [0, 0.05) is 17.7 Å². The zero-order chi connectivity index (χ0) is 11.4. The smallest absolute Gasteiger partial charge is 0.117 e. The lowest BCUT2D eigenvalue weighted by Gasteiger charge is -2.40. The zero-order valence-electron chi connectivity index (χ0n) is 10.2. The fourth-order valence-corrected chi connectivity index (χ4v) is 3.09. The van der Waals surface area contributed by atoms with Crippen LogP contribution in [0.25, 0.3) is 0 Å². The third-order valence-electron chi connectivity index (χ3n) is 3.51. The second kappa shape index (κ2) is 5.28. The van der Waals surface area contributed by atoms with Crippen molar-refractivity contribution >= 4 is 11.8 Å². The predicted molar refractivity (Wildman–Crippen MR) is 69.9 cm³/mol. The molecule has 2 rings (SSSR count). The Labute approximate surface area is 102 Å². The van der Waals surface area contributed by atoms with E-state index in [4.69, 9.17) is 4.42 Å². The quantitative estimate of drug-likeness (QED) is 0.825. The standard InChI is InChI=1S/C13H21NOS/c1-3-11-5-6-12(15-11)9-14-10-13(16-2)7-4-8-13/h5-6,14H,3-4,7-10H2,1-2H3. The molecule has 0 aliphatic heterocycles. The van der Waals surface area contributed by atoms with Crippen molar-refractivity contribution < 1.29 is 4.42 Å². The first-order valence-corrected chi connectivity index (χ1v) is 7.34. The van der Waals surface area contributed by atoms with E-state index in [1.54, 1.807) is 0 Å². The summed E-state index contributed by atoms with van der Waals surface area (Å²) < 4.78 is 6.18. The molecule has 0 spiro atoms. The molecule has 1 fully saturated rings. The molecule has 0 amide bonds. The molecule has 1 N–H and O–H groups in total. The second-order valence-electron chi connectivity index (χ2n) is 4.57. The highest BCUT2D eigenvalue weighted by atomic mass is 32.2. The van der Waals surface area contributed by atoms with Gasteiger partial charge >= 0.3 is 0 Å². The Kier molecular flexibility index (Phi) is 3.98. The van der Waals surface area contributed by atoms with E-state index in [-0.39, 0.29) is 0 Å². The molecule has 0 aromatic carbocycles. The van der Waals surface area contributed by atoms with Crippen LogP contribution in [-0.2, 0) is 13.0 Å². The molecule has 3 heteroatoms.